The molecule has 11 heteroatoms. The lowest BCUT2D eigenvalue weighted by Gasteiger charge is -2.25. The van der Waals surface area contributed by atoms with Crippen LogP contribution in [0.4, 0.5) is 5.13 Å². The van der Waals surface area contributed by atoms with Crippen molar-refractivity contribution in [1.29, 1.82) is 0 Å². The Morgan fingerprint density at radius 1 is 1.20 bits per heavy atom. The summed E-state index contributed by atoms with van der Waals surface area (Å²) in [5.41, 5.74) is 1.39. The van der Waals surface area contributed by atoms with Crippen molar-refractivity contribution in [3.05, 3.63) is 51.2 Å². The van der Waals surface area contributed by atoms with Crippen molar-refractivity contribution in [2.75, 3.05) is 26.1 Å². The highest BCUT2D eigenvalue weighted by atomic mass is 32.2. The molecule has 1 aliphatic rings. The number of carbonyl (C=O) groups is 1. The molecule has 3 heterocycles. The van der Waals surface area contributed by atoms with E-state index in [4.69, 9.17) is 9.47 Å². The van der Waals surface area contributed by atoms with Crippen LogP contribution < -0.4 is 14.8 Å². The summed E-state index contributed by atoms with van der Waals surface area (Å²) in [6, 6.07) is 6.28. The number of carbonyl (C=O) groups excluding carboxylic acids is 1. The molecular weight excluding hydrogens is 446 g/mol. The van der Waals surface area contributed by atoms with Gasteiger partial charge in [0.2, 0.25) is 10.0 Å². The third-order valence-electron chi connectivity index (χ3n) is 4.69. The molecule has 2 aromatic heterocycles. The molecule has 0 bridgehead atoms. The lowest BCUT2D eigenvalue weighted by atomic mass is 10.2. The Morgan fingerprint density at radius 2 is 2.00 bits per heavy atom. The van der Waals surface area contributed by atoms with Crippen LogP contribution in [-0.4, -0.2) is 44.4 Å². The first kappa shape index (κ1) is 20.8. The molecule has 0 saturated carbocycles. The van der Waals surface area contributed by atoms with E-state index in [0.717, 1.165) is 10.6 Å². The van der Waals surface area contributed by atoms with Crippen LogP contribution in [0.15, 0.2) is 39.9 Å². The summed E-state index contributed by atoms with van der Waals surface area (Å²) in [7, 11) is -0.761. The Bertz CT molecular complexity index is 1170. The highest BCUT2D eigenvalue weighted by molar-refractivity contribution is 7.89. The van der Waals surface area contributed by atoms with Crippen LogP contribution in [0, 0.1) is 0 Å². The summed E-state index contributed by atoms with van der Waals surface area (Å²) in [5, 5.41) is 6.86. The molecule has 0 atom stereocenters. The second-order valence-corrected chi connectivity index (χ2v) is 10.3. The van der Waals surface area contributed by atoms with Gasteiger partial charge in [-0.05, 0) is 23.6 Å². The SMILES string of the molecule is COc1ccc(S(=O)(=O)N2CCc3nc(NC(=O)c4ccsc4)sc3C2)cc1OC. The lowest BCUT2D eigenvalue weighted by Crippen LogP contribution is -2.35. The molecule has 30 heavy (non-hydrogen) atoms. The number of ether oxygens (including phenoxy) is 2. The lowest BCUT2D eigenvalue weighted by molar-refractivity contribution is 0.102. The number of aromatic nitrogens is 1. The van der Waals surface area contributed by atoms with Crippen LogP contribution in [0.3, 0.4) is 0 Å². The number of benzene rings is 1. The minimum Gasteiger partial charge on any atom is -0.493 e. The van der Waals surface area contributed by atoms with E-state index in [2.05, 4.69) is 10.3 Å². The smallest absolute Gasteiger partial charge is 0.258 e. The number of nitrogens with one attached hydrogen (secondary N) is 1. The van der Waals surface area contributed by atoms with E-state index in [-0.39, 0.29) is 17.3 Å². The largest absolute Gasteiger partial charge is 0.493 e. The van der Waals surface area contributed by atoms with E-state index in [1.807, 2.05) is 5.38 Å². The normalized spacial score (nSPS) is 14.2. The number of nitrogens with zero attached hydrogens (tertiary/aromatic N) is 2. The fourth-order valence-electron chi connectivity index (χ4n) is 3.12. The predicted molar refractivity (Wildman–Crippen MR) is 115 cm³/mol. The van der Waals surface area contributed by atoms with E-state index in [1.54, 1.807) is 17.5 Å². The number of thiazole rings is 1. The van der Waals surface area contributed by atoms with Gasteiger partial charge >= 0.3 is 0 Å². The Balaban J connectivity index is 1.54. The van der Waals surface area contributed by atoms with Gasteiger partial charge in [-0.25, -0.2) is 13.4 Å². The maximum absolute atomic E-state index is 13.1. The number of hydrogen-bond acceptors (Lipinski definition) is 8. The molecule has 1 N–H and O–H groups in total. The molecule has 8 nitrogen and oxygen atoms in total. The van der Waals surface area contributed by atoms with Crippen LogP contribution in [0.2, 0.25) is 0 Å². The quantitative estimate of drug-likeness (QED) is 0.600. The molecule has 0 aliphatic carbocycles. The highest BCUT2D eigenvalue weighted by Crippen LogP contribution is 2.34. The minimum atomic E-state index is -3.72. The van der Waals surface area contributed by atoms with Crippen molar-refractivity contribution in [2.24, 2.45) is 0 Å². The van der Waals surface area contributed by atoms with Gasteiger partial charge in [0.15, 0.2) is 16.6 Å². The summed E-state index contributed by atoms with van der Waals surface area (Å²) in [6.07, 6.45) is 0.479. The Hall–Kier alpha value is -2.47. The van der Waals surface area contributed by atoms with Crippen LogP contribution in [0.1, 0.15) is 20.9 Å². The average molecular weight is 466 g/mol. The summed E-state index contributed by atoms with van der Waals surface area (Å²) in [5.74, 6) is 0.593. The van der Waals surface area contributed by atoms with Gasteiger partial charge in [-0.1, -0.05) is 0 Å². The minimum absolute atomic E-state index is 0.138. The summed E-state index contributed by atoms with van der Waals surface area (Å²) >= 11 is 2.74. The third-order valence-corrected chi connectivity index (χ3v) is 8.22. The molecule has 1 amide bonds. The molecule has 158 valence electrons. The van der Waals surface area contributed by atoms with Crippen molar-refractivity contribution >= 4 is 43.7 Å². The van der Waals surface area contributed by atoms with Gasteiger partial charge in [0.25, 0.3) is 5.91 Å². The molecule has 0 spiro atoms. The molecule has 1 aromatic carbocycles. The summed E-state index contributed by atoms with van der Waals surface area (Å²) < 4.78 is 38.1. The van der Waals surface area contributed by atoms with Gasteiger partial charge in [0, 0.05) is 29.3 Å². The summed E-state index contributed by atoms with van der Waals surface area (Å²) in [6.45, 7) is 0.517. The van der Waals surface area contributed by atoms with Crippen LogP contribution in [0.25, 0.3) is 0 Å². The molecule has 0 radical (unpaired) electrons. The number of hydrogen-bond donors (Lipinski definition) is 1. The van der Waals surface area contributed by atoms with E-state index in [9.17, 15) is 13.2 Å². The van der Waals surface area contributed by atoms with Gasteiger partial charge in [-0.15, -0.1) is 11.3 Å². The second-order valence-electron chi connectivity index (χ2n) is 6.46. The van der Waals surface area contributed by atoms with E-state index in [1.165, 1.54) is 53.3 Å². The maximum atomic E-state index is 13.1. The van der Waals surface area contributed by atoms with Crippen LogP contribution in [-0.2, 0) is 23.0 Å². The monoisotopic (exact) mass is 465 g/mol. The predicted octanol–water partition coefficient (Wildman–Crippen LogP) is 3.22. The summed E-state index contributed by atoms with van der Waals surface area (Å²) in [4.78, 5) is 17.7. The third kappa shape index (κ3) is 3.93. The first-order chi connectivity index (χ1) is 14.4. The van der Waals surface area contributed by atoms with Crippen molar-refractivity contribution in [2.45, 2.75) is 17.9 Å². The van der Waals surface area contributed by atoms with E-state index < -0.39 is 10.0 Å². The second kappa shape index (κ2) is 8.34. The number of rotatable bonds is 6. The molecule has 0 saturated heterocycles. The highest BCUT2D eigenvalue weighted by Gasteiger charge is 2.31. The Labute approximate surface area is 182 Å². The fraction of sp³-hybridized carbons (Fsp3) is 0.263. The zero-order chi connectivity index (χ0) is 21.3. The Morgan fingerprint density at radius 3 is 2.70 bits per heavy atom. The number of anilines is 1. The average Bonchev–Trinajstić information content (AvgIpc) is 3.42. The number of amides is 1. The molecule has 4 rings (SSSR count). The topological polar surface area (TPSA) is 97.8 Å². The fourth-order valence-corrected chi connectivity index (χ4v) is 6.28. The van der Waals surface area contributed by atoms with Crippen LogP contribution >= 0.6 is 22.7 Å². The molecule has 0 unspecified atom stereocenters. The van der Waals surface area contributed by atoms with E-state index >= 15 is 0 Å². The maximum Gasteiger partial charge on any atom is 0.258 e. The molecule has 3 aromatic rings. The first-order valence-corrected chi connectivity index (χ1v) is 12.2. The van der Waals surface area contributed by atoms with Gasteiger partial charge in [-0.3, -0.25) is 10.1 Å². The number of fused-ring (bicyclic) bond motifs is 1. The standard InChI is InChI=1S/C19H19N3O5S3/c1-26-15-4-3-13(9-16(15)27-2)30(24,25)22-7-5-14-17(10-22)29-19(20-14)21-18(23)12-6-8-28-11-12/h3-4,6,8-9,11H,5,7,10H2,1-2H3,(H,20,21,23). The number of thiophene rings is 1. The first-order valence-electron chi connectivity index (χ1n) is 8.96. The van der Waals surface area contributed by atoms with Gasteiger partial charge < -0.3 is 9.47 Å². The van der Waals surface area contributed by atoms with Gasteiger partial charge in [-0.2, -0.15) is 15.6 Å². The molecule has 0 fully saturated rings. The van der Waals surface area contributed by atoms with Gasteiger partial charge in [0.05, 0.1) is 36.9 Å². The van der Waals surface area contributed by atoms with E-state index in [0.29, 0.717) is 35.2 Å². The van der Waals surface area contributed by atoms with Crippen molar-refractivity contribution in [1.82, 2.24) is 9.29 Å². The molecular formula is C19H19N3O5S3. The molecule has 1 aliphatic heterocycles. The van der Waals surface area contributed by atoms with Crippen molar-refractivity contribution in [3.8, 4) is 11.5 Å². The zero-order valence-corrected chi connectivity index (χ0v) is 18.7. The Kier molecular flexibility index (Phi) is 5.78. The number of methoxy groups -OCH3 is 2. The van der Waals surface area contributed by atoms with Crippen molar-refractivity contribution < 1.29 is 22.7 Å². The van der Waals surface area contributed by atoms with Crippen LogP contribution in [0.5, 0.6) is 11.5 Å². The zero-order valence-electron chi connectivity index (χ0n) is 16.2. The van der Waals surface area contributed by atoms with Crippen molar-refractivity contribution in [3.63, 3.8) is 0 Å². The van der Waals surface area contributed by atoms with Gasteiger partial charge in [0.1, 0.15) is 0 Å². The number of sulfonamides is 1.